The van der Waals surface area contributed by atoms with E-state index in [2.05, 4.69) is 0 Å². The largest absolute Gasteiger partial charge is 0.483 e. The summed E-state index contributed by atoms with van der Waals surface area (Å²) in [5.41, 5.74) is 2.30. The maximum absolute atomic E-state index is 12.4. The second-order valence-corrected chi connectivity index (χ2v) is 11.2. The van der Waals surface area contributed by atoms with Crippen LogP contribution in [0.4, 0.5) is 0 Å². The van der Waals surface area contributed by atoms with Crippen molar-refractivity contribution in [1.29, 1.82) is 0 Å². The molecule has 3 fully saturated rings. The van der Waals surface area contributed by atoms with E-state index in [9.17, 15) is 25.2 Å². The summed E-state index contributed by atoms with van der Waals surface area (Å²) in [7, 11) is 0. The molecule has 1 aromatic carbocycles. The second-order valence-electron chi connectivity index (χ2n) is 11.2. The third kappa shape index (κ3) is 6.11. The smallest absolute Gasteiger partial charge is 0.306 e. The van der Waals surface area contributed by atoms with E-state index >= 15 is 0 Å². The highest BCUT2D eigenvalue weighted by Crippen LogP contribution is 2.47. The van der Waals surface area contributed by atoms with E-state index in [0.717, 1.165) is 62.3 Å². The van der Waals surface area contributed by atoms with Crippen LogP contribution in [0, 0.1) is 0 Å². The van der Waals surface area contributed by atoms with E-state index in [1.807, 2.05) is 6.07 Å². The van der Waals surface area contributed by atoms with Crippen LogP contribution in [0.5, 0.6) is 11.5 Å². The summed E-state index contributed by atoms with van der Waals surface area (Å²) in [6.45, 7) is 1.46. The number of aryl methyl sites for hydroxylation is 1. The van der Waals surface area contributed by atoms with Gasteiger partial charge in [-0.3, -0.25) is 4.79 Å². The Hall–Kier alpha value is -2.37. The van der Waals surface area contributed by atoms with E-state index in [-0.39, 0.29) is 37.3 Å². The molecule has 10 heteroatoms. The number of hydrogen-bond donors (Lipinski definition) is 4. The first-order valence-corrected chi connectivity index (χ1v) is 14.8. The molecule has 0 bridgehead atoms. The lowest BCUT2D eigenvalue weighted by Gasteiger charge is -2.40. The first-order valence-electron chi connectivity index (χ1n) is 14.8. The second kappa shape index (κ2) is 13.1. The van der Waals surface area contributed by atoms with Gasteiger partial charge in [-0.2, -0.15) is 0 Å². The molecule has 222 valence electrons. The van der Waals surface area contributed by atoms with Crippen LogP contribution in [0.1, 0.15) is 88.2 Å². The van der Waals surface area contributed by atoms with E-state index in [1.165, 1.54) is 6.42 Å². The van der Waals surface area contributed by atoms with Gasteiger partial charge in [-0.25, -0.2) is 0 Å². The molecule has 4 N–H and O–H groups in total. The van der Waals surface area contributed by atoms with Crippen molar-refractivity contribution in [2.45, 2.75) is 120 Å². The normalized spacial score (nSPS) is 28.2. The van der Waals surface area contributed by atoms with Gasteiger partial charge in [0.05, 0.1) is 25.6 Å². The lowest BCUT2D eigenvalue weighted by Crippen LogP contribution is -2.60. The van der Waals surface area contributed by atoms with Gasteiger partial charge in [0.25, 0.3) is 0 Å². The molecule has 1 saturated heterocycles. The summed E-state index contributed by atoms with van der Waals surface area (Å²) in [6.07, 6.45) is 4.45. The van der Waals surface area contributed by atoms with Crippen LogP contribution in [0.3, 0.4) is 0 Å². The highest BCUT2D eigenvalue weighted by atomic mass is 16.7. The minimum atomic E-state index is -1.60. The number of rotatable bonds is 10. The molecule has 3 aliphatic rings. The number of hydrogen-bond acceptors (Lipinski definition) is 10. The van der Waals surface area contributed by atoms with Crippen LogP contribution in [0.15, 0.2) is 16.7 Å². The highest BCUT2D eigenvalue weighted by Gasteiger charge is 2.45. The standard InChI is InChI=1S/C30H42O10/c1-2-36-23(32)13-12-18-14-20-21(17-8-4-3-5-9-17)16-37-28(20)29(38-19-10-6-7-11-19)27(18)40-30-26(35)25(34)24(33)22(15-31)39-30/h14,16-17,19,22,24-26,30-31,33-35H,2-13,15H2,1H3/t22-,24-,25+,26-,30+/m1/s1. The minimum Gasteiger partial charge on any atom is -0.483 e. The number of carbonyl (C=O) groups excluding carboxylic acids is 1. The molecule has 2 heterocycles. The van der Waals surface area contributed by atoms with E-state index < -0.39 is 37.3 Å². The molecule has 5 rings (SSSR count). The molecule has 2 aliphatic carbocycles. The number of fused-ring (bicyclic) bond motifs is 1. The summed E-state index contributed by atoms with van der Waals surface area (Å²) in [5.74, 6) is 0.642. The van der Waals surface area contributed by atoms with Gasteiger partial charge in [-0.1, -0.05) is 19.3 Å². The van der Waals surface area contributed by atoms with Crippen molar-refractivity contribution in [3.63, 3.8) is 0 Å². The average molecular weight is 563 g/mol. The van der Waals surface area contributed by atoms with Crippen molar-refractivity contribution in [3.8, 4) is 11.5 Å². The molecular formula is C30H42O10. The third-order valence-corrected chi connectivity index (χ3v) is 8.50. The van der Waals surface area contributed by atoms with Crippen LogP contribution in [0.25, 0.3) is 11.0 Å². The predicted molar refractivity (Wildman–Crippen MR) is 144 cm³/mol. The van der Waals surface area contributed by atoms with Crippen molar-refractivity contribution >= 4 is 16.9 Å². The molecule has 1 aliphatic heterocycles. The number of ether oxygens (including phenoxy) is 4. The van der Waals surface area contributed by atoms with Crippen molar-refractivity contribution in [3.05, 3.63) is 23.5 Å². The van der Waals surface area contributed by atoms with Gasteiger partial charge in [0.15, 0.2) is 11.3 Å². The van der Waals surface area contributed by atoms with Gasteiger partial charge in [0.1, 0.15) is 24.4 Å². The van der Waals surface area contributed by atoms with Crippen molar-refractivity contribution in [2.24, 2.45) is 0 Å². The van der Waals surface area contributed by atoms with Gasteiger partial charge < -0.3 is 43.8 Å². The Labute approximate surface area is 234 Å². The van der Waals surface area contributed by atoms with Crippen LogP contribution >= 0.6 is 0 Å². The highest BCUT2D eigenvalue weighted by molar-refractivity contribution is 5.90. The molecule has 5 atom stereocenters. The molecule has 0 unspecified atom stereocenters. The zero-order chi connectivity index (χ0) is 28.2. The monoisotopic (exact) mass is 562 g/mol. The maximum atomic E-state index is 12.4. The Kier molecular flexibility index (Phi) is 9.53. The lowest BCUT2D eigenvalue weighted by atomic mass is 9.83. The lowest BCUT2D eigenvalue weighted by molar-refractivity contribution is -0.277. The fourth-order valence-corrected chi connectivity index (χ4v) is 6.27. The molecular weight excluding hydrogens is 520 g/mol. The van der Waals surface area contributed by atoms with Crippen LogP contribution < -0.4 is 9.47 Å². The summed E-state index contributed by atoms with van der Waals surface area (Å²) < 4.78 is 29.8. The molecule has 2 aromatic rings. The average Bonchev–Trinajstić information content (AvgIpc) is 3.64. The summed E-state index contributed by atoms with van der Waals surface area (Å²) in [5, 5.41) is 42.0. The first-order chi connectivity index (χ1) is 19.4. The summed E-state index contributed by atoms with van der Waals surface area (Å²) >= 11 is 0. The summed E-state index contributed by atoms with van der Waals surface area (Å²) in [6, 6.07) is 1.96. The number of benzene rings is 1. The maximum Gasteiger partial charge on any atom is 0.306 e. The fraction of sp³-hybridized carbons (Fsp3) is 0.700. The van der Waals surface area contributed by atoms with Crippen molar-refractivity contribution in [2.75, 3.05) is 13.2 Å². The number of furan rings is 1. The van der Waals surface area contributed by atoms with E-state index in [1.54, 1.807) is 13.2 Å². The van der Waals surface area contributed by atoms with E-state index in [0.29, 0.717) is 22.8 Å². The van der Waals surface area contributed by atoms with Gasteiger partial charge >= 0.3 is 5.97 Å². The molecule has 2 saturated carbocycles. The van der Waals surface area contributed by atoms with Gasteiger partial charge in [0.2, 0.25) is 12.0 Å². The predicted octanol–water partition coefficient (Wildman–Crippen LogP) is 3.48. The third-order valence-electron chi connectivity index (χ3n) is 8.50. The molecule has 1 aromatic heterocycles. The number of aliphatic hydroxyl groups excluding tert-OH is 4. The van der Waals surface area contributed by atoms with Crippen LogP contribution in [0.2, 0.25) is 0 Å². The Bertz CT molecular complexity index is 1130. The zero-order valence-electron chi connectivity index (χ0n) is 23.1. The van der Waals surface area contributed by atoms with Gasteiger partial charge in [-0.15, -0.1) is 0 Å². The molecule has 10 nitrogen and oxygen atoms in total. The number of carbonyl (C=O) groups is 1. The Morgan fingerprint density at radius 2 is 1.68 bits per heavy atom. The van der Waals surface area contributed by atoms with Gasteiger partial charge in [-0.05, 0) is 69.4 Å². The molecule has 40 heavy (non-hydrogen) atoms. The minimum absolute atomic E-state index is 0.0520. The zero-order valence-corrected chi connectivity index (χ0v) is 23.1. The summed E-state index contributed by atoms with van der Waals surface area (Å²) in [4.78, 5) is 12.4. The fourth-order valence-electron chi connectivity index (χ4n) is 6.27. The SMILES string of the molecule is CCOC(=O)CCc1cc2c(C3CCCCC3)coc2c(OC2CCCC2)c1O[C@@H]1O[C@H](CO)[C@@H](O)[C@H](O)[C@H]1O. The Balaban J connectivity index is 1.59. The molecule has 0 amide bonds. The Morgan fingerprint density at radius 1 is 0.950 bits per heavy atom. The van der Waals surface area contributed by atoms with Gasteiger partial charge in [0, 0.05) is 17.4 Å². The molecule has 0 radical (unpaired) electrons. The van der Waals surface area contributed by atoms with Crippen molar-refractivity contribution < 1.29 is 48.6 Å². The topological polar surface area (TPSA) is 148 Å². The molecule has 0 spiro atoms. The quantitative estimate of drug-likeness (QED) is 0.317. The van der Waals surface area contributed by atoms with Crippen molar-refractivity contribution in [1.82, 2.24) is 0 Å². The van der Waals surface area contributed by atoms with Crippen LogP contribution in [-0.2, 0) is 20.7 Å². The van der Waals surface area contributed by atoms with E-state index in [4.69, 9.17) is 23.4 Å². The van der Waals surface area contributed by atoms with Crippen LogP contribution in [-0.4, -0.2) is 76.4 Å². The first kappa shape index (κ1) is 29.1. The Morgan fingerprint density at radius 3 is 2.38 bits per heavy atom. The number of aliphatic hydroxyl groups is 4. The number of esters is 1.